The zero-order chi connectivity index (χ0) is 20.1. The number of pyridine rings is 1. The summed E-state index contributed by atoms with van der Waals surface area (Å²) in [7, 11) is -3.72. The summed E-state index contributed by atoms with van der Waals surface area (Å²) >= 11 is 0. The lowest BCUT2D eigenvalue weighted by atomic mass is 10.2. The van der Waals surface area contributed by atoms with Crippen molar-refractivity contribution in [1.82, 2.24) is 4.98 Å². The van der Waals surface area contributed by atoms with Gasteiger partial charge in [-0.15, -0.1) is 0 Å². The third-order valence-corrected chi connectivity index (χ3v) is 5.22. The van der Waals surface area contributed by atoms with Crippen LogP contribution < -0.4 is 14.8 Å². The van der Waals surface area contributed by atoms with Crippen molar-refractivity contribution < 1.29 is 13.2 Å². The Kier molecular flexibility index (Phi) is 5.84. The van der Waals surface area contributed by atoms with Crippen LogP contribution in [-0.4, -0.2) is 19.5 Å². The molecule has 1 aromatic heterocycles. The van der Waals surface area contributed by atoms with E-state index in [1.807, 2.05) is 45.0 Å². The molecular weight excluding hydrogens is 374 g/mol. The van der Waals surface area contributed by atoms with E-state index in [0.29, 0.717) is 5.75 Å². The smallest absolute Gasteiger partial charge is 0.263 e. The first-order chi connectivity index (χ1) is 13.3. The van der Waals surface area contributed by atoms with Crippen LogP contribution in [0.4, 0.5) is 17.2 Å². The van der Waals surface area contributed by atoms with E-state index in [1.54, 1.807) is 30.5 Å². The predicted molar refractivity (Wildman–Crippen MR) is 112 cm³/mol. The highest BCUT2D eigenvalue weighted by Gasteiger charge is 2.15. The van der Waals surface area contributed by atoms with Gasteiger partial charge in [-0.3, -0.25) is 4.72 Å². The van der Waals surface area contributed by atoms with E-state index in [1.165, 1.54) is 17.7 Å². The highest BCUT2D eigenvalue weighted by Crippen LogP contribution is 2.21. The maximum atomic E-state index is 12.5. The molecule has 0 spiro atoms. The van der Waals surface area contributed by atoms with Gasteiger partial charge in [-0.25, -0.2) is 13.4 Å². The molecule has 0 radical (unpaired) electrons. The Balaban J connectivity index is 1.67. The molecule has 0 aliphatic heterocycles. The van der Waals surface area contributed by atoms with Crippen LogP contribution in [0.25, 0.3) is 0 Å². The van der Waals surface area contributed by atoms with Gasteiger partial charge < -0.3 is 10.1 Å². The standard InChI is InChI=1S/C21H23N3O3S/c1-15(2)27-19-9-11-20(12-10-19)28(25,26)24-21-13-8-18(14-22-21)23-17-6-4-16(3)5-7-17/h4-15,23H,1-3H3,(H,22,24). The SMILES string of the molecule is Cc1ccc(Nc2ccc(NS(=O)(=O)c3ccc(OC(C)C)cc3)nc2)cc1. The number of anilines is 3. The molecule has 2 aromatic carbocycles. The predicted octanol–water partition coefficient (Wildman–Crippen LogP) is 4.72. The molecule has 0 unspecified atom stereocenters. The van der Waals surface area contributed by atoms with Crippen molar-refractivity contribution in [1.29, 1.82) is 0 Å². The number of hydrogen-bond donors (Lipinski definition) is 2. The van der Waals surface area contributed by atoms with E-state index in [2.05, 4.69) is 15.0 Å². The zero-order valence-electron chi connectivity index (χ0n) is 16.0. The molecule has 3 rings (SSSR count). The first kappa shape index (κ1) is 19.7. The normalized spacial score (nSPS) is 11.3. The number of sulfonamides is 1. The first-order valence-electron chi connectivity index (χ1n) is 8.91. The number of benzene rings is 2. The average Bonchev–Trinajstić information content (AvgIpc) is 2.65. The summed E-state index contributed by atoms with van der Waals surface area (Å²) < 4.78 is 33.1. The third-order valence-electron chi connectivity index (χ3n) is 3.85. The minimum Gasteiger partial charge on any atom is -0.491 e. The number of hydrogen-bond acceptors (Lipinski definition) is 5. The molecule has 0 atom stereocenters. The number of nitrogens with zero attached hydrogens (tertiary/aromatic N) is 1. The molecule has 0 aliphatic carbocycles. The van der Waals surface area contributed by atoms with Crippen molar-refractivity contribution in [2.75, 3.05) is 10.0 Å². The number of rotatable bonds is 7. The minimum absolute atomic E-state index is 0.0248. The van der Waals surface area contributed by atoms with Crippen LogP contribution in [0.3, 0.4) is 0 Å². The second-order valence-electron chi connectivity index (χ2n) is 6.67. The fraction of sp³-hybridized carbons (Fsp3) is 0.190. The van der Waals surface area contributed by atoms with Gasteiger partial charge in [0.25, 0.3) is 10.0 Å². The zero-order valence-corrected chi connectivity index (χ0v) is 16.8. The van der Waals surface area contributed by atoms with Gasteiger partial charge in [-0.1, -0.05) is 17.7 Å². The summed E-state index contributed by atoms with van der Waals surface area (Å²) in [6.45, 7) is 5.85. The fourth-order valence-corrected chi connectivity index (χ4v) is 3.51. The Morgan fingerprint density at radius 2 is 1.54 bits per heavy atom. The van der Waals surface area contributed by atoms with Crippen LogP contribution in [-0.2, 0) is 10.0 Å². The van der Waals surface area contributed by atoms with E-state index >= 15 is 0 Å². The lowest BCUT2D eigenvalue weighted by molar-refractivity contribution is 0.242. The van der Waals surface area contributed by atoms with Gasteiger partial charge in [0, 0.05) is 5.69 Å². The number of aromatic nitrogens is 1. The average molecular weight is 398 g/mol. The van der Waals surface area contributed by atoms with Crippen LogP contribution in [0.1, 0.15) is 19.4 Å². The summed E-state index contributed by atoms with van der Waals surface area (Å²) in [4.78, 5) is 4.33. The second-order valence-corrected chi connectivity index (χ2v) is 8.35. The Bertz CT molecular complexity index is 1010. The number of nitrogens with one attached hydrogen (secondary N) is 2. The van der Waals surface area contributed by atoms with E-state index < -0.39 is 10.0 Å². The number of ether oxygens (including phenoxy) is 1. The molecule has 0 saturated carbocycles. The Hall–Kier alpha value is -3.06. The fourth-order valence-electron chi connectivity index (χ4n) is 2.50. The molecule has 0 amide bonds. The molecule has 28 heavy (non-hydrogen) atoms. The largest absolute Gasteiger partial charge is 0.491 e. The summed E-state index contributed by atoms with van der Waals surface area (Å²) in [5.74, 6) is 0.871. The highest BCUT2D eigenvalue weighted by molar-refractivity contribution is 7.92. The van der Waals surface area contributed by atoms with Crippen molar-refractivity contribution in [3.05, 3.63) is 72.4 Å². The van der Waals surface area contributed by atoms with Crippen molar-refractivity contribution in [3.63, 3.8) is 0 Å². The second kappa shape index (κ2) is 8.31. The third kappa shape index (κ3) is 5.23. The van der Waals surface area contributed by atoms with Gasteiger partial charge in [0.1, 0.15) is 11.6 Å². The molecule has 6 nitrogen and oxygen atoms in total. The molecule has 2 N–H and O–H groups in total. The molecule has 0 saturated heterocycles. The first-order valence-corrected chi connectivity index (χ1v) is 10.4. The van der Waals surface area contributed by atoms with Crippen molar-refractivity contribution in [2.45, 2.75) is 31.8 Å². The summed E-state index contributed by atoms with van der Waals surface area (Å²) in [6.07, 6.45) is 1.61. The van der Waals surface area contributed by atoms with Gasteiger partial charge >= 0.3 is 0 Å². The molecule has 0 aliphatic rings. The van der Waals surface area contributed by atoms with Gasteiger partial charge in [-0.05, 0) is 69.3 Å². The van der Waals surface area contributed by atoms with Crippen molar-refractivity contribution in [3.8, 4) is 5.75 Å². The van der Waals surface area contributed by atoms with E-state index in [4.69, 9.17) is 4.74 Å². The molecule has 146 valence electrons. The monoisotopic (exact) mass is 397 g/mol. The lowest BCUT2D eigenvalue weighted by Gasteiger charge is -2.11. The van der Waals surface area contributed by atoms with Crippen LogP contribution >= 0.6 is 0 Å². The molecule has 3 aromatic rings. The van der Waals surface area contributed by atoms with Crippen LogP contribution in [0.2, 0.25) is 0 Å². The van der Waals surface area contributed by atoms with Crippen molar-refractivity contribution in [2.24, 2.45) is 0 Å². The Morgan fingerprint density at radius 3 is 2.11 bits per heavy atom. The van der Waals surface area contributed by atoms with Gasteiger partial charge in [-0.2, -0.15) is 0 Å². The maximum absolute atomic E-state index is 12.5. The van der Waals surface area contributed by atoms with Crippen LogP contribution in [0.5, 0.6) is 5.75 Å². The van der Waals surface area contributed by atoms with E-state index in [0.717, 1.165) is 11.4 Å². The number of aryl methyl sites for hydroxylation is 1. The summed E-state index contributed by atoms with van der Waals surface area (Å²) in [5.41, 5.74) is 2.88. The summed E-state index contributed by atoms with van der Waals surface area (Å²) in [6, 6.07) is 17.6. The Morgan fingerprint density at radius 1 is 0.893 bits per heavy atom. The summed E-state index contributed by atoms with van der Waals surface area (Å²) in [5, 5.41) is 3.22. The van der Waals surface area contributed by atoms with Crippen molar-refractivity contribution >= 4 is 27.2 Å². The quantitative estimate of drug-likeness (QED) is 0.603. The van der Waals surface area contributed by atoms with Gasteiger partial charge in [0.15, 0.2) is 0 Å². The maximum Gasteiger partial charge on any atom is 0.263 e. The lowest BCUT2D eigenvalue weighted by Crippen LogP contribution is -2.14. The topological polar surface area (TPSA) is 80.3 Å². The van der Waals surface area contributed by atoms with E-state index in [-0.39, 0.29) is 16.8 Å². The molecule has 0 fully saturated rings. The Labute approximate surface area is 165 Å². The van der Waals surface area contributed by atoms with Crippen LogP contribution in [0, 0.1) is 6.92 Å². The minimum atomic E-state index is -3.72. The van der Waals surface area contributed by atoms with E-state index in [9.17, 15) is 8.42 Å². The van der Waals surface area contributed by atoms with Gasteiger partial charge in [0.05, 0.1) is 22.9 Å². The molecule has 0 bridgehead atoms. The molecular formula is C21H23N3O3S. The van der Waals surface area contributed by atoms with Gasteiger partial charge in [0.2, 0.25) is 0 Å². The highest BCUT2D eigenvalue weighted by atomic mass is 32.2. The molecule has 1 heterocycles. The molecule has 7 heteroatoms. The van der Waals surface area contributed by atoms with Crippen LogP contribution in [0.15, 0.2) is 71.8 Å².